The molecule has 1 unspecified atom stereocenters. The van der Waals surface area contributed by atoms with E-state index in [0.29, 0.717) is 17.4 Å². The summed E-state index contributed by atoms with van der Waals surface area (Å²) in [5.41, 5.74) is 0.511. The first-order valence-electron chi connectivity index (χ1n) is 5.99. The maximum atomic E-state index is 12.2. The van der Waals surface area contributed by atoms with Crippen LogP contribution in [0.2, 0.25) is 0 Å². The van der Waals surface area contributed by atoms with Crippen molar-refractivity contribution in [2.75, 3.05) is 12.8 Å². The van der Waals surface area contributed by atoms with Crippen molar-refractivity contribution in [3.63, 3.8) is 0 Å². The highest BCUT2D eigenvalue weighted by atomic mass is 32.2. The summed E-state index contributed by atoms with van der Waals surface area (Å²) >= 11 is 1.77. The van der Waals surface area contributed by atoms with Crippen LogP contribution in [0, 0.1) is 0 Å². The number of nitrogens with one attached hydrogen (secondary N) is 1. The lowest BCUT2D eigenvalue weighted by Gasteiger charge is -2.14. The van der Waals surface area contributed by atoms with E-state index in [2.05, 4.69) is 17.0 Å². The normalized spacial score (nSPS) is 13.3. The number of hydrogen-bond acceptors (Lipinski definition) is 3. The van der Waals surface area contributed by atoms with Gasteiger partial charge in [-0.3, -0.25) is 0 Å². The molecule has 108 valence electrons. The lowest BCUT2D eigenvalue weighted by Crippen LogP contribution is -2.21. The van der Waals surface area contributed by atoms with Crippen LogP contribution in [0.5, 0.6) is 5.75 Å². The summed E-state index contributed by atoms with van der Waals surface area (Å²) in [6.45, 7) is 3.25. The molecule has 1 atom stereocenters. The van der Waals surface area contributed by atoms with Crippen molar-refractivity contribution in [1.82, 2.24) is 5.32 Å². The van der Waals surface area contributed by atoms with E-state index >= 15 is 0 Å². The predicted molar refractivity (Wildman–Crippen MR) is 72.4 cm³/mol. The monoisotopic (exact) mass is 293 g/mol. The average molecular weight is 293 g/mol. The fourth-order valence-electron chi connectivity index (χ4n) is 1.52. The summed E-state index contributed by atoms with van der Waals surface area (Å²) in [5, 5.41) is 3.67. The minimum atomic E-state index is -4.65. The number of para-hydroxylation sites is 1. The third kappa shape index (κ3) is 6.73. The van der Waals surface area contributed by atoms with E-state index in [1.54, 1.807) is 23.9 Å². The Hall–Kier alpha value is -0.880. The number of hydrogen-bond donors (Lipinski definition) is 1. The summed E-state index contributed by atoms with van der Waals surface area (Å²) in [5.74, 6) is -0.139. The van der Waals surface area contributed by atoms with E-state index in [1.165, 1.54) is 12.1 Å². The first-order chi connectivity index (χ1) is 8.92. The second-order valence-corrected chi connectivity index (χ2v) is 5.44. The van der Waals surface area contributed by atoms with Crippen molar-refractivity contribution in [3.05, 3.63) is 29.8 Å². The lowest BCUT2D eigenvalue weighted by molar-refractivity contribution is -0.274. The molecule has 0 saturated carbocycles. The van der Waals surface area contributed by atoms with E-state index < -0.39 is 6.36 Å². The molecular formula is C13H18F3NOS. The summed E-state index contributed by atoms with van der Waals surface area (Å²) in [6, 6.07) is 6.19. The van der Waals surface area contributed by atoms with Gasteiger partial charge in [-0.25, -0.2) is 0 Å². The van der Waals surface area contributed by atoms with Gasteiger partial charge in [-0.05, 0) is 25.3 Å². The maximum absolute atomic E-state index is 12.2. The lowest BCUT2D eigenvalue weighted by atomic mass is 10.2. The summed E-state index contributed by atoms with van der Waals surface area (Å²) in [7, 11) is 0. The molecule has 1 aromatic carbocycles. The fourth-order valence-corrected chi connectivity index (χ4v) is 1.87. The molecule has 0 bridgehead atoms. The summed E-state index contributed by atoms with van der Waals surface area (Å²) in [6.07, 6.45) is -1.63. The number of alkyl halides is 3. The molecule has 0 radical (unpaired) electrons. The molecule has 19 heavy (non-hydrogen) atoms. The highest BCUT2D eigenvalue weighted by Gasteiger charge is 2.31. The van der Waals surface area contributed by atoms with Crippen LogP contribution in [0.4, 0.5) is 13.2 Å². The van der Waals surface area contributed by atoms with Gasteiger partial charge in [-0.15, -0.1) is 13.2 Å². The Morgan fingerprint density at radius 1 is 1.32 bits per heavy atom. The summed E-state index contributed by atoms with van der Waals surface area (Å²) < 4.78 is 40.6. The zero-order chi connectivity index (χ0) is 14.3. The Morgan fingerprint density at radius 2 is 2.00 bits per heavy atom. The molecule has 1 N–H and O–H groups in total. The Kier molecular flexibility index (Phi) is 6.51. The van der Waals surface area contributed by atoms with Crippen LogP contribution in [0.15, 0.2) is 24.3 Å². The van der Waals surface area contributed by atoms with Crippen molar-refractivity contribution in [3.8, 4) is 5.75 Å². The maximum Gasteiger partial charge on any atom is 0.573 e. The van der Waals surface area contributed by atoms with Crippen molar-refractivity contribution < 1.29 is 17.9 Å². The highest BCUT2D eigenvalue weighted by molar-refractivity contribution is 7.99. The molecule has 1 rings (SSSR count). The van der Waals surface area contributed by atoms with Crippen LogP contribution < -0.4 is 10.1 Å². The number of ether oxygens (including phenoxy) is 1. The molecule has 0 aliphatic carbocycles. The van der Waals surface area contributed by atoms with Gasteiger partial charge in [0.1, 0.15) is 5.75 Å². The van der Waals surface area contributed by atoms with Gasteiger partial charge < -0.3 is 10.1 Å². The zero-order valence-electron chi connectivity index (χ0n) is 11.0. The zero-order valence-corrected chi connectivity index (χ0v) is 11.8. The van der Waals surface area contributed by atoms with Gasteiger partial charge in [0.05, 0.1) is 0 Å². The van der Waals surface area contributed by atoms with E-state index in [9.17, 15) is 13.2 Å². The quantitative estimate of drug-likeness (QED) is 0.772. The van der Waals surface area contributed by atoms with Crippen LogP contribution in [-0.4, -0.2) is 24.4 Å². The van der Waals surface area contributed by atoms with Crippen molar-refractivity contribution in [2.45, 2.75) is 31.5 Å². The Bertz CT molecular complexity index is 384. The first kappa shape index (κ1) is 16.2. The topological polar surface area (TPSA) is 21.3 Å². The predicted octanol–water partition coefficient (Wildman–Crippen LogP) is 3.82. The minimum absolute atomic E-state index is 0.139. The van der Waals surface area contributed by atoms with Gasteiger partial charge in [-0.2, -0.15) is 11.8 Å². The molecule has 0 amide bonds. The average Bonchev–Trinajstić information content (AvgIpc) is 2.34. The standard InChI is InChI=1S/C13H18F3NOS/c1-10(19-2)7-8-17-9-11-5-3-4-6-12(11)18-13(14,15)16/h3-6,10,17H,7-9H2,1-2H3. The van der Waals surface area contributed by atoms with E-state index in [1.807, 2.05) is 6.26 Å². The van der Waals surface area contributed by atoms with E-state index in [4.69, 9.17) is 0 Å². The molecule has 0 aliphatic heterocycles. The molecule has 0 heterocycles. The van der Waals surface area contributed by atoms with Gasteiger partial charge in [0, 0.05) is 17.4 Å². The van der Waals surface area contributed by atoms with E-state index in [-0.39, 0.29) is 5.75 Å². The van der Waals surface area contributed by atoms with Crippen LogP contribution in [-0.2, 0) is 6.54 Å². The number of thioether (sulfide) groups is 1. The van der Waals surface area contributed by atoms with Gasteiger partial charge in [0.25, 0.3) is 0 Å². The molecule has 0 saturated heterocycles. The molecule has 2 nitrogen and oxygen atoms in total. The number of halogens is 3. The smallest absolute Gasteiger partial charge is 0.405 e. The van der Waals surface area contributed by atoms with Gasteiger partial charge in [0.15, 0.2) is 0 Å². The Balaban J connectivity index is 2.49. The fraction of sp³-hybridized carbons (Fsp3) is 0.538. The second kappa shape index (κ2) is 7.65. The SMILES string of the molecule is CSC(C)CCNCc1ccccc1OC(F)(F)F. The Morgan fingerprint density at radius 3 is 2.63 bits per heavy atom. The van der Waals surface area contributed by atoms with Gasteiger partial charge in [-0.1, -0.05) is 25.1 Å². The third-order valence-corrected chi connectivity index (χ3v) is 3.68. The van der Waals surface area contributed by atoms with Crippen LogP contribution in [0.25, 0.3) is 0 Å². The molecule has 6 heteroatoms. The van der Waals surface area contributed by atoms with Crippen LogP contribution in [0.3, 0.4) is 0 Å². The molecule has 1 aromatic rings. The third-order valence-electron chi connectivity index (χ3n) is 2.64. The highest BCUT2D eigenvalue weighted by Crippen LogP contribution is 2.26. The van der Waals surface area contributed by atoms with Gasteiger partial charge >= 0.3 is 6.36 Å². The molecular weight excluding hydrogens is 275 g/mol. The van der Waals surface area contributed by atoms with Crippen molar-refractivity contribution >= 4 is 11.8 Å². The first-order valence-corrected chi connectivity index (χ1v) is 7.28. The Labute approximate surface area is 115 Å². The minimum Gasteiger partial charge on any atom is -0.405 e. The molecule has 0 aliphatic rings. The van der Waals surface area contributed by atoms with Crippen molar-refractivity contribution in [2.24, 2.45) is 0 Å². The van der Waals surface area contributed by atoms with Crippen molar-refractivity contribution in [1.29, 1.82) is 0 Å². The molecule has 0 aromatic heterocycles. The summed E-state index contributed by atoms with van der Waals surface area (Å²) in [4.78, 5) is 0. The largest absolute Gasteiger partial charge is 0.573 e. The second-order valence-electron chi connectivity index (χ2n) is 4.17. The van der Waals surface area contributed by atoms with Crippen LogP contribution in [0.1, 0.15) is 18.9 Å². The van der Waals surface area contributed by atoms with E-state index in [0.717, 1.165) is 13.0 Å². The molecule has 0 fully saturated rings. The number of benzene rings is 1. The van der Waals surface area contributed by atoms with Gasteiger partial charge in [0.2, 0.25) is 0 Å². The molecule has 0 spiro atoms. The van der Waals surface area contributed by atoms with Crippen LogP contribution >= 0.6 is 11.8 Å². The number of rotatable bonds is 7.